The Morgan fingerprint density at radius 2 is 0.721 bits per heavy atom. The molecule has 1 nitrogen and oxygen atoms in total. The van der Waals surface area contributed by atoms with Crippen LogP contribution in [0.25, 0.3) is 96.6 Å². The summed E-state index contributed by atoms with van der Waals surface area (Å²) in [6.07, 6.45) is 0. The summed E-state index contributed by atoms with van der Waals surface area (Å²) in [5.74, 6) is 0. The smallest absolute Gasteiger partial charge is 0.0646 e. The third-order valence-corrected chi connectivity index (χ3v) is 13.9. The molecule has 12 aromatic rings. The van der Waals surface area contributed by atoms with Crippen LogP contribution in [0.15, 0.2) is 218 Å². The molecule has 0 aliphatic rings. The molecule has 0 fully saturated rings. The van der Waals surface area contributed by atoms with Gasteiger partial charge in [0.1, 0.15) is 0 Å². The van der Waals surface area contributed by atoms with E-state index in [1.807, 2.05) is 11.3 Å². The minimum atomic E-state index is 1.12. The van der Waals surface area contributed by atoms with Gasteiger partial charge in [-0.1, -0.05) is 164 Å². The summed E-state index contributed by atoms with van der Waals surface area (Å²) in [6.45, 7) is 2.23. The molecule has 0 bridgehead atoms. The summed E-state index contributed by atoms with van der Waals surface area (Å²) < 4.78 is 2.64. The normalized spacial score (nSPS) is 11.7. The first kappa shape index (κ1) is 35.4. The van der Waals surface area contributed by atoms with Crippen molar-refractivity contribution in [3.05, 3.63) is 224 Å². The maximum absolute atomic E-state index is 2.46. The topological polar surface area (TPSA) is 3.24 Å². The fourth-order valence-electron chi connectivity index (χ4n) is 9.31. The molecule has 61 heavy (non-hydrogen) atoms. The summed E-state index contributed by atoms with van der Waals surface area (Å²) in [6, 6.07) is 80.5. The van der Waals surface area contributed by atoms with E-state index in [9.17, 15) is 0 Å². The van der Waals surface area contributed by atoms with Gasteiger partial charge < -0.3 is 4.90 Å². The lowest BCUT2D eigenvalue weighted by Crippen LogP contribution is -2.10. The van der Waals surface area contributed by atoms with Crippen LogP contribution in [0.1, 0.15) is 5.56 Å². The second kappa shape index (κ2) is 14.3. The van der Waals surface area contributed by atoms with Crippen LogP contribution in [-0.4, -0.2) is 0 Å². The van der Waals surface area contributed by atoms with E-state index in [4.69, 9.17) is 0 Å². The molecule has 1 aromatic heterocycles. The van der Waals surface area contributed by atoms with E-state index >= 15 is 0 Å². The number of anilines is 3. The molecule has 0 unspecified atom stereocenters. The van der Waals surface area contributed by atoms with Crippen molar-refractivity contribution in [2.24, 2.45) is 0 Å². The van der Waals surface area contributed by atoms with Crippen LogP contribution in [0, 0.1) is 6.92 Å². The molecule has 0 amide bonds. The highest BCUT2D eigenvalue weighted by molar-refractivity contribution is 7.26. The maximum Gasteiger partial charge on any atom is 0.0646 e. The van der Waals surface area contributed by atoms with Crippen LogP contribution in [0.2, 0.25) is 0 Å². The number of fused-ring (bicyclic) bond motifs is 8. The quantitative estimate of drug-likeness (QED) is 0.162. The zero-order chi connectivity index (χ0) is 40.4. The van der Waals surface area contributed by atoms with E-state index in [1.54, 1.807) is 0 Å². The van der Waals surface area contributed by atoms with E-state index in [-0.39, 0.29) is 0 Å². The average Bonchev–Trinajstić information content (AvgIpc) is 3.73. The number of thiophene rings is 1. The minimum Gasteiger partial charge on any atom is -0.309 e. The molecule has 0 aliphatic heterocycles. The van der Waals surface area contributed by atoms with E-state index in [1.165, 1.54) is 108 Å². The van der Waals surface area contributed by atoms with Crippen molar-refractivity contribution in [3.63, 3.8) is 0 Å². The maximum atomic E-state index is 2.46. The van der Waals surface area contributed by atoms with Crippen molar-refractivity contribution in [3.8, 4) is 33.4 Å². The fraction of sp³-hybridized carbons (Fsp3) is 0.0169. The molecule has 0 saturated carbocycles. The second-order valence-corrected chi connectivity index (χ2v) is 17.2. The number of hydrogen-bond acceptors (Lipinski definition) is 2. The molecule has 286 valence electrons. The van der Waals surface area contributed by atoms with Crippen molar-refractivity contribution in [1.29, 1.82) is 0 Å². The third kappa shape index (κ3) is 6.15. The van der Waals surface area contributed by atoms with Gasteiger partial charge in [0.25, 0.3) is 0 Å². The predicted octanol–water partition coefficient (Wildman–Crippen LogP) is 17.4. The van der Waals surface area contributed by atoms with Crippen molar-refractivity contribution >= 4 is 91.7 Å². The van der Waals surface area contributed by atoms with E-state index < -0.39 is 0 Å². The largest absolute Gasteiger partial charge is 0.309 e. The van der Waals surface area contributed by atoms with Crippen LogP contribution in [0.5, 0.6) is 0 Å². The molecule has 12 rings (SSSR count). The Bertz CT molecular complexity index is 3650. The Morgan fingerprint density at radius 1 is 0.311 bits per heavy atom. The van der Waals surface area contributed by atoms with E-state index in [0.717, 1.165) is 11.4 Å². The van der Waals surface area contributed by atoms with Gasteiger partial charge in [-0.2, -0.15) is 0 Å². The Kier molecular flexibility index (Phi) is 8.33. The molecule has 11 aromatic carbocycles. The monoisotopic (exact) mass is 793 g/mol. The van der Waals surface area contributed by atoms with Gasteiger partial charge in [0.05, 0.1) is 10.4 Å². The first-order chi connectivity index (χ1) is 30.1. The number of hydrogen-bond donors (Lipinski definition) is 0. The van der Waals surface area contributed by atoms with Crippen LogP contribution < -0.4 is 4.90 Å². The van der Waals surface area contributed by atoms with Gasteiger partial charge in [0.15, 0.2) is 0 Å². The average molecular weight is 794 g/mol. The number of benzene rings is 11. The Labute approximate surface area is 359 Å². The molecular formula is C59H39NS. The van der Waals surface area contributed by atoms with Crippen molar-refractivity contribution < 1.29 is 0 Å². The van der Waals surface area contributed by atoms with Crippen molar-refractivity contribution in [2.75, 3.05) is 4.90 Å². The van der Waals surface area contributed by atoms with Gasteiger partial charge in [-0.15, -0.1) is 11.3 Å². The van der Waals surface area contributed by atoms with Crippen molar-refractivity contribution in [2.45, 2.75) is 6.92 Å². The third-order valence-electron chi connectivity index (χ3n) is 12.5. The molecule has 0 atom stereocenters. The SMILES string of the molecule is Cc1cccc2c1sc1c(N(c3ccc(-c4ccc5ccccc5c4)cc3)c3ccc(-c4ccc5cc(-c6ccc7ccccc7c6)ccc5c4)cc3)cc3ccccc3c12. The minimum absolute atomic E-state index is 1.12. The van der Waals surface area contributed by atoms with Crippen LogP contribution in [0.4, 0.5) is 17.1 Å². The molecule has 0 saturated heterocycles. The summed E-state index contributed by atoms with van der Waals surface area (Å²) >= 11 is 1.91. The molecule has 1 heterocycles. The van der Waals surface area contributed by atoms with Gasteiger partial charge in [-0.05, 0) is 144 Å². The van der Waals surface area contributed by atoms with E-state index in [0.29, 0.717) is 0 Å². The number of aryl methyl sites for hydroxylation is 1. The summed E-state index contributed by atoms with van der Waals surface area (Å²) in [5, 5.41) is 12.7. The van der Waals surface area contributed by atoms with Gasteiger partial charge in [0.2, 0.25) is 0 Å². The Hall–Kier alpha value is -7.52. The van der Waals surface area contributed by atoms with Gasteiger partial charge in [0, 0.05) is 26.8 Å². The Balaban J connectivity index is 0.963. The predicted molar refractivity (Wildman–Crippen MR) is 265 cm³/mol. The lowest BCUT2D eigenvalue weighted by Gasteiger charge is -2.27. The zero-order valence-corrected chi connectivity index (χ0v) is 34.5. The highest BCUT2D eigenvalue weighted by atomic mass is 32.1. The standard InChI is InChI=1S/C59H39NS/c1-38-9-8-16-55-57-54-15-7-6-14-51(54)37-56(59(57)61-58(38)55)60(52-29-25-41(26-30-52)45-19-17-39-10-2-4-12-43(39)33-45)53-31-27-42(28-32-53)46-21-22-49-36-50(24-23-48(49)35-46)47-20-18-40-11-3-5-13-44(40)34-47/h2-37H,1H3. The molecule has 0 aliphatic carbocycles. The number of rotatable bonds is 6. The summed E-state index contributed by atoms with van der Waals surface area (Å²) in [7, 11) is 0. The summed E-state index contributed by atoms with van der Waals surface area (Å²) in [4.78, 5) is 2.46. The lowest BCUT2D eigenvalue weighted by atomic mass is 9.96. The van der Waals surface area contributed by atoms with Crippen LogP contribution >= 0.6 is 11.3 Å². The Morgan fingerprint density at radius 3 is 1.26 bits per heavy atom. The van der Waals surface area contributed by atoms with E-state index in [2.05, 4.69) is 230 Å². The summed E-state index contributed by atoms with van der Waals surface area (Å²) in [5.41, 5.74) is 12.0. The number of nitrogens with zero attached hydrogens (tertiary/aromatic N) is 1. The fourth-order valence-corrected chi connectivity index (χ4v) is 10.6. The molecule has 0 N–H and O–H groups in total. The highest BCUT2D eigenvalue weighted by Crippen LogP contribution is 2.49. The van der Waals surface area contributed by atoms with Gasteiger partial charge >= 0.3 is 0 Å². The lowest BCUT2D eigenvalue weighted by molar-refractivity contribution is 1.30. The molecule has 0 spiro atoms. The molecular weight excluding hydrogens is 755 g/mol. The van der Waals surface area contributed by atoms with Crippen molar-refractivity contribution in [1.82, 2.24) is 0 Å². The molecule has 2 heteroatoms. The molecule has 0 radical (unpaired) electrons. The highest BCUT2D eigenvalue weighted by Gasteiger charge is 2.21. The first-order valence-electron chi connectivity index (χ1n) is 21.0. The first-order valence-corrected chi connectivity index (χ1v) is 21.8. The van der Waals surface area contributed by atoms with Crippen LogP contribution in [-0.2, 0) is 0 Å². The zero-order valence-electron chi connectivity index (χ0n) is 33.6. The van der Waals surface area contributed by atoms with Crippen LogP contribution in [0.3, 0.4) is 0 Å². The van der Waals surface area contributed by atoms with Gasteiger partial charge in [-0.3, -0.25) is 0 Å². The second-order valence-electron chi connectivity index (χ2n) is 16.2. The van der Waals surface area contributed by atoms with Gasteiger partial charge in [-0.25, -0.2) is 0 Å².